The Balaban J connectivity index is 2.14. The molecule has 0 aliphatic rings. The molecule has 0 bridgehead atoms. The number of halogens is 2. The fraction of sp³-hybridized carbons (Fsp3) is 0.176. The van der Waals surface area contributed by atoms with Crippen LogP contribution in [0.2, 0.25) is 5.02 Å². The first-order chi connectivity index (χ1) is 10.9. The maximum absolute atomic E-state index is 13.1. The molecule has 2 aromatic carbocycles. The smallest absolute Gasteiger partial charge is 0.281 e. The number of rotatable bonds is 1. The zero-order valence-corrected chi connectivity index (χ0v) is 14.4. The minimum atomic E-state index is -0.482. The summed E-state index contributed by atoms with van der Waals surface area (Å²) in [5.41, 5.74) is 3.59. The molecule has 0 radical (unpaired) electrons. The first-order valence-electron chi connectivity index (χ1n) is 6.97. The van der Waals surface area contributed by atoms with E-state index in [0.29, 0.717) is 4.80 Å². The van der Waals surface area contributed by atoms with Crippen LogP contribution in [0, 0.1) is 19.7 Å². The molecular weight excluding hydrogens is 335 g/mol. The monoisotopic (exact) mass is 348 g/mol. The van der Waals surface area contributed by atoms with Gasteiger partial charge in [0, 0.05) is 7.05 Å². The summed E-state index contributed by atoms with van der Waals surface area (Å²) in [7, 11) is 1.87. The van der Waals surface area contributed by atoms with Crippen molar-refractivity contribution >= 4 is 39.1 Å². The molecule has 0 fully saturated rings. The SMILES string of the molecule is Cc1cc2sc(=NC(=O)c3ccc(F)cc3Cl)n(C)c2cc1C. The lowest BCUT2D eigenvalue weighted by Crippen LogP contribution is -2.13. The largest absolute Gasteiger partial charge is 0.319 e. The van der Waals surface area contributed by atoms with Crippen molar-refractivity contribution in [2.24, 2.45) is 12.0 Å². The molecule has 3 rings (SSSR count). The van der Waals surface area contributed by atoms with Gasteiger partial charge in [0.1, 0.15) is 5.82 Å². The second-order valence-corrected chi connectivity index (χ2v) is 6.81. The zero-order chi connectivity index (χ0) is 16.7. The number of aromatic nitrogens is 1. The molecule has 3 aromatic rings. The van der Waals surface area contributed by atoms with Gasteiger partial charge < -0.3 is 4.57 Å². The highest BCUT2D eigenvalue weighted by Crippen LogP contribution is 2.22. The van der Waals surface area contributed by atoms with Gasteiger partial charge in [-0.05, 0) is 55.3 Å². The first kappa shape index (κ1) is 15.9. The molecule has 6 heteroatoms. The Bertz CT molecular complexity index is 1000. The van der Waals surface area contributed by atoms with Crippen LogP contribution >= 0.6 is 22.9 Å². The van der Waals surface area contributed by atoms with Crippen LogP contribution in [-0.4, -0.2) is 10.5 Å². The molecule has 0 spiro atoms. The van der Waals surface area contributed by atoms with Crippen molar-refractivity contribution < 1.29 is 9.18 Å². The van der Waals surface area contributed by atoms with E-state index in [0.717, 1.165) is 16.3 Å². The molecule has 3 nitrogen and oxygen atoms in total. The normalized spacial score (nSPS) is 12.1. The number of hydrogen-bond acceptors (Lipinski definition) is 2. The number of hydrogen-bond donors (Lipinski definition) is 0. The molecule has 1 aromatic heterocycles. The standard InChI is InChI=1S/C17H14ClFN2OS/c1-9-6-14-15(7-10(9)2)23-17(21(14)3)20-16(22)12-5-4-11(19)8-13(12)18/h4-8H,1-3H3. The molecule has 23 heavy (non-hydrogen) atoms. The van der Waals surface area contributed by atoms with E-state index in [4.69, 9.17) is 11.6 Å². The lowest BCUT2D eigenvalue weighted by Gasteiger charge is -2.01. The van der Waals surface area contributed by atoms with Crippen molar-refractivity contribution in [3.8, 4) is 0 Å². The van der Waals surface area contributed by atoms with E-state index in [1.54, 1.807) is 0 Å². The summed E-state index contributed by atoms with van der Waals surface area (Å²) < 4.78 is 16.0. The number of benzene rings is 2. The Kier molecular flexibility index (Phi) is 4.08. The molecular formula is C17H14ClFN2OS. The van der Waals surface area contributed by atoms with E-state index in [1.807, 2.05) is 18.5 Å². The molecule has 0 saturated heterocycles. The molecule has 0 atom stereocenters. The molecule has 0 saturated carbocycles. The van der Waals surface area contributed by atoms with Gasteiger partial charge >= 0.3 is 0 Å². The van der Waals surface area contributed by atoms with Gasteiger partial charge in [-0.1, -0.05) is 22.9 Å². The Morgan fingerprint density at radius 3 is 2.61 bits per heavy atom. The third-order valence-electron chi connectivity index (χ3n) is 3.78. The van der Waals surface area contributed by atoms with Crippen molar-refractivity contribution in [1.29, 1.82) is 0 Å². The number of amides is 1. The predicted octanol–water partition coefficient (Wildman–Crippen LogP) is 4.39. The van der Waals surface area contributed by atoms with Crippen molar-refractivity contribution in [1.82, 2.24) is 4.57 Å². The van der Waals surface area contributed by atoms with E-state index in [-0.39, 0.29) is 10.6 Å². The molecule has 1 amide bonds. The van der Waals surface area contributed by atoms with Gasteiger partial charge in [-0.2, -0.15) is 4.99 Å². The topological polar surface area (TPSA) is 34.4 Å². The Hall–Kier alpha value is -1.98. The lowest BCUT2D eigenvalue weighted by atomic mass is 10.1. The van der Waals surface area contributed by atoms with Crippen LogP contribution in [0.3, 0.4) is 0 Å². The Morgan fingerprint density at radius 2 is 1.91 bits per heavy atom. The summed E-state index contributed by atoms with van der Waals surface area (Å²) in [5.74, 6) is -0.962. The van der Waals surface area contributed by atoms with Crippen molar-refractivity contribution in [3.63, 3.8) is 0 Å². The maximum Gasteiger partial charge on any atom is 0.281 e. The number of carbonyl (C=O) groups is 1. The van der Waals surface area contributed by atoms with Gasteiger partial charge in [0.05, 0.1) is 20.8 Å². The van der Waals surface area contributed by atoms with Crippen molar-refractivity contribution in [2.45, 2.75) is 13.8 Å². The number of nitrogens with zero attached hydrogens (tertiary/aromatic N) is 2. The van der Waals surface area contributed by atoms with Crippen LogP contribution in [0.1, 0.15) is 21.5 Å². The van der Waals surface area contributed by atoms with Gasteiger partial charge in [0.2, 0.25) is 0 Å². The van der Waals surface area contributed by atoms with Gasteiger partial charge in [0.15, 0.2) is 4.80 Å². The fourth-order valence-corrected chi connectivity index (χ4v) is 3.64. The zero-order valence-electron chi connectivity index (χ0n) is 12.9. The van der Waals surface area contributed by atoms with Gasteiger partial charge in [-0.15, -0.1) is 0 Å². The van der Waals surface area contributed by atoms with Gasteiger partial charge in [0.25, 0.3) is 5.91 Å². The highest BCUT2D eigenvalue weighted by Gasteiger charge is 2.12. The average Bonchev–Trinajstić information content (AvgIpc) is 2.76. The minimum absolute atomic E-state index is 0.0641. The minimum Gasteiger partial charge on any atom is -0.319 e. The highest BCUT2D eigenvalue weighted by molar-refractivity contribution is 7.16. The van der Waals surface area contributed by atoms with Crippen LogP contribution in [0.4, 0.5) is 4.39 Å². The van der Waals surface area contributed by atoms with E-state index >= 15 is 0 Å². The second-order valence-electron chi connectivity index (χ2n) is 5.39. The van der Waals surface area contributed by atoms with E-state index < -0.39 is 11.7 Å². The third-order valence-corrected chi connectivity index (χ3v) is 5.19. The van der Waals surface area contributed by atoms with Crippen LogP contribution in [0.25, 0.3) is 10.2 Å². The quantitative estimate of drug-likeness (QED) is 0.642. The molecule has 0 unspecified atom stereocenters. The number of thiazole rings is 1. The van der Waals surface area contributed by atoms with E-state index in [1.165, 1.54) is 34.6 Å². The average molecular weight is 349 g/mol. The molecule has 118 valence electrons. The summed E-state index contributed by atoms with van der Waals surface area (Å²) in [6.45, 7) is 4.10. The Morgan fingerprint density at radius 1 is 1.22 bits per heavy atom. The van der Waals surface area contributed by atoms with E-state index in [9.17, 15) is 9.18 Å². The van der Waals surface area contributed by atoms with Crippen molar-refractivity contribution in [2.75, 3.05) is 0 Å². The van der Waals surface area contributed by atoms with Crippen LogP contribution in [0.5, 0.6) is 0 Å². The van der Waals surface area contributed by atoms with E-state index in [2.05, 4.69) is 24.0 Å². The van der Waals surface area contributed by atoms with Crippen LogP contribution < -0.4 is 4.80 Å². The number of aryl methyl sites for hydroxylation is 3. The predicted molar refractivity (Wildman–Crippen MR) is 91.6 cm³/mol. The molecule has 0 aliphatic carbocycles. The second kappa shape index (κ2) is 5.91. The number of fused-ring (bicyclic) bond motifs is 1. The lowest BCUT2D eigenvalue weighted by molar-refractivity contribution is 0.0998. The molecule has 0 aliphatic heterocycles. The summed E-state index contributed by atoms with van der Waals surface area (Å²) in [6.07, 6.45) is 0. The van der Waals surface area contributed by atoms with Gasteiger partial charge in [-0.3, -0.25) is 4.79 Å². The summed E-state index contributed by atoms with van der Waals surface area (Å²) in [6, 6.07) is 7.83. The highest BCUT2D eigenvalue weighted by atomic mass is 35.5. The van der Waals surface area contributed by atoms with Crippen LogP contribution in [0.15, 0.2) is 35.3 Å². The van der Waals surface area contributed by atoms with Crippen LogP contribution in [-0.2, 0) is 7.05 Å². The fourth-order valence-electron chi connectivity index (χ4n) is 2.30. The maximum atomic E-state index is 13.1. The van der Waals surface area contributed by atoms with Gasteiger partial charge in [-0.25, -0.2) is 4.39 Å². The first-order valence-corrected chi connectivity index (χ1v) is 8.17. The third kappa shape index (κ3) is 2.94. The summed E-state index contributed by atoms with van der Waals surface area (Å²) in [5, 5.41) is 0.0641. The van der Waals surface area contributed by atoms with Crippen molar-refractivity contribution in [3.05, 3.63) is 62.7 Å². The molecule has 0 N–H and O–H groups in total. The number of carbonyl (C=O) groups excluding carboxylic acids is 1. The summed E-state index contributed by atoms with van der Waals surface area (Å²) >= 11 is 7.36. The Labute approximate surface area is 141 Å². The summed E-state index contributed by atoms with van der Waals surface area (Å²) in [4.78, 5) is 17.1. The molecule has 1 heterocycles.